The van der Waals surface area contributed by atoms with E-state index >= 15 is 0 Å². The average Bonchev–Trinajstić information content (AvgIpc) is 2.75. The minimum atomic E-state index is 0.671. The molecule has 23 heavy (non-hydrogen) atoms. The second-order valence-electron chi connectivity index (χ2n) is 5.58. The van der Waals surface area contributed by atoms with Gasteiger partial charge in [0.2, 0.25) is 0 Å². The molecule has 0 saturated carbocycles. The molecule has 0 unspecified atom stereocenters. The number of anilines is 1. The maximum Gasteiger partial charge on any atom is 0.170 e. The largest absolute Gasteiger partial charge is 0.362 e. The lowest BCUT2D eigenvalue weighted by atomic mass is 10.2. The van der Waals surface area contributed by atoms with E-state index < -0.39 is 0 Å². The Balaban J connectivity index is 2.02. The first-order valence-electron chi connectivity index (χ1n) is 7.84. The standard InChI is InChI=1S/C17H23BrN4S/c1-4-5-9-19-17(23)20-15-8-6-7-14(10-15)11-22-13(3)16(18)12(2)21-22/h6-8,10H,4-5,9,11H2,1-3H3,(H2,19,20,23). The van der Waals surface area contributed by atoms with Crippen molar-refractivity contribution in [2.75, 3.05) is 11.9 Å². The van der Waals surface area contributed by atoms with Crippen LogP contribution in [0.4, 0.5) is 5.69 Å². The third-order valence-corrected chi connectivity index (χ3v) is 5.02. The van der Waals surface area contributed by atoms with Crippen LogP contribution >= 0.6 is 28.1 Å². The van der Waals surface area contributed by atoms with E-state index in [0.29, 0.717) is 5.11 Å². The summed E-state index contributed by atoms with van der Waals surface area (Å²) in [6.07, 6.45) is 2.28. The summed E-state index contributed by atoms with van der Waals surface area (Å²) in [5, 5.41) is 11.7. The molecule has 0 radical (unpaired) electrons. The van der Waals surface area contributed by atoms with Gasteiger partial charge in [0.15, 0.2) is 5.11 Å². The van der Waals surface area contributed by atoms with Gasteiger partial charge in [0.1, 0.15) is 0 Å². The summed E-state index contributed by atoms with van der Waals surface area (Å²) < 4.78 is 3.09. The van der Waals surface area contributed by atoms with Gasteiger partial charge < -0.3 is 10.6 Å². The van der Waals surface area contributed by atoms with Gasteiger partial charge in [0.05, 0.1) is 22.4 Å². The molecule has 0 atom stereocenters. The molecule has 1 heterocycles. The minimum Gasteiger partial charge on any atom is -0.362 e. The molecule has 0 amide bonds. The Labute approximate surface area is 151 Å². The van der Waals surface area contributed by atoms with Gasteiger partial charge in [-0.05, 0) is 66.1 Å². The average molecular weight is 395 g/mol. The van der Waals surface area contributed by atoms with Crippen LogP contribution in [0.2, 0.25) is 0 Å². The van der Waals surface area contributed by atoms with E-state index in [-0.39, 0.29) is 0 Å². The quantitative estimate of drug-likeness (QED) is 0.562. The molecule has 0 aliphatic carbocycles. The van der Waals surface area contributed by atoms with E-state index in [1.165, 1.54) is 5.56 Å². The SMILES string of the molecule is CCCCNC(=S)Nc1cccc(Cn2nc(C)c(Br)c2C)c1. The zero-order valence-electron chi connectivity index (χ0n) is 13.8. The van der Waals surface area contributed by atoms with Gasteiger partial charge in [-0.3, -0.25) is 4.68 Å². The number of rotatable bonds is 6. The van der Waals surface area contributed by atoms with Crippen LogP contribution in [0.25, 0.3) is 0 Å². The normalized spacial score (nSPS) is 10.6. The Morgan fingerprint density at radius 1 is 1.35 bits per heavy atom. The molecule has 0 aliphatic rings. The van der Waals surface area contributed by atoms with Gasteiger partial charge in [0, 0.05) is 12.2 Å². The Hall–Kier alpha value is -1.40. The number of nitrogens with zero attached hydrogens (tertiary/aromatic N) is 2. The van der Waals surface area contributed by atoms with Crippen LogP contribution in [-0.4, -0.2) is 21.4 Å². The fraction of sp³-hybridized carbons (Fsp3) is 0.412. The van der Waals surface area contributed by atoms with Gasteiger partial charge in [-0.25, -0.2) is 0 Å². The van der Waals surface area contributed by atoms with Gasteiger partial charge >= 0.3 is 0 Å². The molecular weight excluding hydrogens is 372 g/mol. The van der Waals surface area contributed by atoms with Gasteiger partial charge in [-0.15, -0.1) is 0 Å². The predicted octanol–water partition coefficient (Wildman–Crippen LogP) is 4.40. The van der Waals surface area contributed by atoms with Crippen molar-refractivity contribution in [3.63, 3.8) is 0 Å². The lowest BCUT2D eigenvalue weighted by Crippen LogP contribution is -2.29. The topological polar surface area (TPSA) is 41.9 Å². The summed E-state index contributed by atoms with van der Waals surface area (Å²) in [6.45, 7) is 7.88. The maximum atomic E-state index is 5.32. The van der Waals surface area contributed by atoms with E-state index in [9.17, 15) is 0 Å². The number of nitrogens with one attached hydrogen (secondary N) is 2. The second kappa shape index (κ2) is 8.45. The van der Waals surface area contributed by atoms with Gasteiger partial charge in [-0.2, -0.15) is 5.10 Å². The van der Waals surface area contributed by atoms with Crippen LogP contribution in [0.3, 0.4) is 0 Å². The first kappa shape index (κ1) is 17.9. The Morgan fingerprint density at radius 3 is 2.78 bits per heavy atom. The van der Waals surface area contributed by atoms with E-state index in [2.05, 4.69) is 57.6 Å². The molecule has 4 nitrogen and oxygen atoms in total. The van der Waals surface area contributed by atoms with Crippen LogP contribution in [0, 0.1) is 13.8 Å². The van der Waals surface area contributed by atoms with Crippen LogP contribution < -0.4 is 10.6 Å². The molecule has 124 valence electrons. The third-order valence-electron chi connectivity index (χ3n) is 3.63. The molecule has 0 saturated heterocycles. The number of benzene rings is 1. The first-order valence-corrected chi connectivity index (χ1v) is 9.04. The number of thiocarbonyl (C=S) groups is 1. The summed E-state index contributed by atoms with van der Waals surface area (Å²) in [6, 6.07) is 8.27. The van der Waals surface area contributed by atoms with Crippen molar-refractivity contribution in [3.05, 3.63) is 45.7 Å². The molecule has 0 bridgehead atoms. The van der Waals surface area contributed by atoms with Gasteiger partial charge in [0.25, 0.3) is 0 Å². The number of aromatic nitrogens is 2. The van der Waals surface area contributed by atoms with E-state index in [4.69, 9.17) is 12.2 Å². The molecule has 2 aromatic rings. The van der Waals surface area contributed by atoms with Crippen LogP contribution in [-0.2, 0) is 6.54 Å². The fourth-order valence-corrected chi connectivity index (χ4v) is 2.81. The Morgan fingerprint density at radius 2 is 2.13 bits per heavy atom. The zero-order chi connectivity index (χ0) is 16.8. The van der Waals surface area contributed by atoms with Crippen LogP contribution in [0.5, 0.6) is 0 Å². The highest BCUT2D eigenvalue weighted by molar-refractivity contribution is 9.10. The van der Waals surface area contributed by atoms with E-state index in [0.717, 1.165) is 47.5 Å². The first-order chi connectivity index (χ1) is 11.0. The minimum absolute atomic E-state index is 0.671. The molecule has 0 spiro atoms. The smallest absolute Gasteiger partial charge is 0.170 e. The molecule has 6 heteroatoms. The second-order valence-corrected chi connectivity index (χ2v) is 6.78. The number of halogens is 1. The third kappa shape index (κ3) is 5.04. The van der Waals surface area contributed by atoms with Crippen molar-refractivity contribution < 1.29 is 0 Å². The Kier molecular flexibility index (Phi) is 6.59. The maximum absolute atomic E-state index is 5.32. The number of hydrogen-bond acceptors (Lipinski definition) is 2. The zero-order valence-corrected chi connectivity index (χ0v) is 16.2. The van der Waals surface area contributed by atoms with Crippen molar-refractivity contribution in [2.45, 2.75) is 40.2 Å². The van der Waals surface area contributed by atoms with Crippen LogP contribution in [0.15, 0.2) is 28.7 Å². The monoisotopic (exact) mass is 394 g/mol. The summed E-state index contributed by atoms with van der Waals surface area (Å²) in [7, 11) is 0. The highest BCUT2D eigenvalue weighted by Crippen LogP contribution is 2.21. The highest BCUT2D eigenvalue weighted by Gasteiger charge is 2.09. The predicted molar refractivity (Wildman–Crippen MR) is 104 cm³/mol. The summed E-state index contributed by atoms with van der Waals surface area (Å²) in [5.74, 6) is 0. The molecular formula is C17H23BrN4S. The van der Waals surface area contributed by atoms with Crippen molar-refractivity contribution in [2.24, 2.45) is 0 Å². The number of unbranched alkanes of at least 4 members (excludes halogenated alkanes) is 1. The molecule has 0 fully saturated rings. The summed E-state index contributed by atoms with van der Waals surface area (Å²) in [5.41, 5.74) is 4.33. The lowest BCUT2D eigenvalue weighted by molar-refractivity contribution is 0.659. The molecule has 2 N–H and O–H groups in total. The number of aryl methyl sites for hydroxylation is 1. The van der Waals surface area contributed by atoms with E-state index in [1.54, 1.807) is 0 Å². The van der Waals surface area contributed by atoms with Crippen molar-refractivity contribution in [3.8, 4) is 0 Å². The van der Waals surface area contributed by atoms with Gasteiger partial charge in [-0.1, -0.05) is 25.5 Å². The summed E-state index contributed by atoms with van der Waals surface area (Å²) >= 11 is 8.89. The fourth-order valence-electron chi connectivity index (χ4n) is 2.30. The molecule has 1 aromatic heterocycles. The lowest BCUT2D eigenvalue weighted by Gasteiger charge is -2.11. The Bertz CT molecular complexity index is 681. The summed E-state index contributed by atoms with van der Waals surface area (Å²) in [4.78, 5) is 0. The molecule has 1 aromatic carbocycles. The van der Waals surface area contributed by atoms with Crippen molar-refractivity contribution in [1.82, 2.24) is 15.1 Å². The number of hydrogen-bond donors (Lipinski definition) is 2. The molecule has 2 rings (SSSR count). The highest BCUT2D eigenvalue weighted by atomic mass is 79.9. The van der Waals surface area contributed by atoms with Crippen LogP contribution in [0.1, 0.15) is 36.7 Å². The van der Waals surface area contributed by atoms with E-state index in [1.807, 2.05) is 23.7 Å². The van der Waals surface area contributed by atoms with Crippen molar-refractivity contribution >= 4 is 38.9 Å². The van der Waals surface area contributed by atoms with Crippen molar-refractivity contribution in [1.29, 1.82) is 0 Å². The molecule has 0 aliphatic heterocycles.